The van der Waals surface area contributed by atoms with Gasteiger partial charge in [-0.25, -0.2) is 8.42 Å². The molecule has 3 rings (SSSR count). The molecule has 0 saturated carbocycles. The molecule has 2 aromatic carbocycles. The van der Waals surface area contributed by atoms with Gasteiger partial charge in [-0.3, -0.25) is 0 Å². The number of rotatable bonds is 3. The number of aryl methyl sites for hydroxylation is 3. The van der Waals surface area contributed by atoms with E-state index in [1.807, 2.05) is 32.0 Å². The predicted octanol–water partition coefficient (Wildman–Crippen LogP) is 4.43. The van der Waals surface area contributed by atoms with Gasteiger partial charge in [-0.05, 0) is 61.7 Å². The SMILES string of the molecule is Cc1ccc(N2CCN(S(=O)(=O)c3cc(C)c(Cl)cc3C)CC2)cc1Cl. The van der Waals surface area contributed by atoms with Crippen LogP contribution >= 0.6 is 23.2 Å². The minimum absolute atomic E-state index is 0.339. The van der Waals surface area contributed by atoms with Gasteiger partial charge in [-0.1, -0.05) is 29.3 Å². The number of anilines is 1. The van der Waals surface area contributed by atoms with Gasteiger partial charge in [0.25, 0.3) is 0 Å². The van der Waals surface area contributed by atoms with Crippen molar-refractivity contribution in [3.8, 4) is 0 Å². The van der Waals surface area contributed by atoms with E-state index in [2.05, 4.69) is 4.90 Å². The van der Waals surface area contributed by atoms with Crippen LogP contribution in [0.15, 0.2) is 35.2 Å². The molecule has 0 atom stereocenters. The second kappa shape index (κ2) is 7.39. The molecule has 0 spiro atoms. The maximum Gasteiger partial charge on any atom is 0.243 e. The van der Waals surface area contributed by atoms with Crippen LogP contribution < -0.4 is 4.90 Å². The van der Waals surface area contributed by atoms with Crippen molar-refractivity contribution in [1.82, 2.24) is 4.31 Å². The standard InChI is InChI=1S/C19H22Cl2N2O2S/c1-13-4-5-16(12-18(13)21)22-6-8-23(9-7-22)26(24,25)19-11-14(2)17(20)10-15(19)3/h4-5,10-12H,6-9H2,1-3H3. The van der Waals surface area contributed by atoms with Crippen LogP contribution in [0.1, 0.15) is 16.7 Å². The van der Waals surface area contributed by atoms with Crippen LogP contribution in [0.3, 0.4) is 0 Å². The van der Waals surface area contributed by atoms with Crippen molar-refractivity contribution in [2.24, 2.45) is 0 Å². The smallest absolute Gasteiger partial charge is 0.243 e. The number of halogens is 2. The molecule has 0 amide bonds. The molecule has 1 saturated heterocycles. The lowest BCUT2D eigenvalue weighted by Crippen LogP contribution is -2.48. The average Bonchev–Trinajstić information content (AvgIpc) is 2.60. The van der Waals surface area contributed by atoms with Crippen molar-refractivity contribution in [2.75, 3.05) is 31.1 Å². The van der Waals surface area contributed by atoms with Gasteiger partial charge in [0, 0.05) is 41.9 Å². The molecule has 140 valence electrons. The van der Waals surface area contributed by atoms with Crippen LogP contribution in [0, 0.1) is 20.8 Å². The Hall–Kier alpha value is -1.27. The van der Waals surface area contributed by atoms with Gasteiger partial charge in [0.05, 0.1) is 4.90 Å². The van der Waals surface area contributed by atoms with Gasteiger partial charge < -0.3 is 4.90 Å². The van der Waals surface area contributed by atoms with Crippen molar-refractivity contribution in [2.45, 2.75) is 25.7 Å². The summed E-state index contributed by atoms with van der Waals surface area (Å²) in [7, 11) is -3.53. The molecule has 1 aliphatic rings. The average molecular weight is 413 g/mol. The molecule has 0 aliphatic carbocycles. The number of hydrogen-bond acceptors (Lipinski definition) is 3. The second-order valence-corrected chi connectivity index (χ2v) is 9.41. The van der Waals surface area contributed by atoms with Crippen molar-refractivity contribution in [1.29, 1.82) is 0 Å². The lowest BCUT2D eigenvalue weighted by atomic mass is 10.2. The topological polar surface area (TPSA) is 40.6 Å². The van der Waals surface area contributed by atoms with Crippen LogP contribution in [-0.2, 0) is 10.0 Å². The molecule has 0 bridgehead atoms. The highest BCUT2D eigenvalue weighted by atomic mass is 35.5. The summed E-state index contributed by atoms with van der Waals surface area (Å²) >= 11 is 12.3. The molecule has 1 fully saturated rings. The lowest BCUT2D eigenvalue weighted by Gasteiger charge is -2.35. The minimum Gasteiger partial charge on any atom is -0.369 e. The first-order chi connectivity index (χ1) is 12.2. The zero-order valence-electron chi connectivity index (χ0n) is 15.1. The summed E-state index contributed by atoms with van der Waals surface area (Å²) in [5.74, 6) is 0. The van der Waals surface area contributed by atoms with E-state index in [1.54, 1.807) is 23.4 Å². The Labute approximate surface area is 165 Å². The molecule has 26 heavy (non-hydrogen) atoms. The van der Waals surface area contributed by atoms with Crippen LogP contribution in [0.4, 0.5) is 5.69 Å². The lowest BCUT2D eigenvalue weighted by molar-refractivity contribution is 0.384. The van der Waals surface area contributed by atoms with Gasteiger partial charge >= 0.3 is 0 Å². The summed E-state index contributed by atoms with van der Waals surface area (Å²) in [6.45, 7) is 7.70. The van der Waals surface area contributed by atoms with Crippen molar-refractivity contribution < 1.29 is 8.42 Å². The largest absolute Gasteiger partial charge is 0.369 e. The maximum absolute atomic E-state index is 13.1. The van der Waals surface area contributed by atoms with Crippen LogP contribution in [0.2, 0.25) is 10.0 Å². The highest BCUT2D eigenvalue weighted by molar-refractivity contribution is 7.89. The Morgan fingerprint density at radius 2 is 1.42 bits per heavy atom. The van der Waals surface area contributed by atoms with Crippen molar-refractivity contribution >= 4 is 38.9 Å². The number of benzene rings is 2. The second-order valence-electron chi connectivity index (χ2n) is 6.69. The fourth-order valence-electron chi connectivity index (χ4n) is 3.14. The zero-order chi connectivity index (χ0) is 19.1. The molecule has 1 aliphatic heterocycles. The normalized spacial score (nSPS) is 16.1. The van der Waals surface area contributed by atoms with Crippen LogP contribution in [0.25, 0.3) is 0 Å². The summed E-state index contributed by atoms with van der Waals surface area (Å²) in [5.41, 5.74) is 3.50. The van der Waals surface area contributed by atoms with Gasteiger partial charge in [0.15, 0.2) is 0 Å². The highest BCUT2D eigenvalue weighted by Gasteiger charge is 2.30. The van der Waals surface area contributed by atoms with Crippen molar-refractivity contribution in [3.63, 3.8) is 0 Å². The van der Waals surface area contributed by atoms with Crippen molar-refractivity contribution in [3.05, 3.63) is 57.1 Å². The van der Waals surface area contributed by atoms with E-state index in [0.29, 0.717) is 41.7 Å². The predicted molar refractivity (Wildman–Crippen MR) is 108 cm³/mol. The molecule has 1 heterocycles. The molecule has 2 aromatic rings. The van der Waals surface area contributed by atoms with E-state index in [9.17, 15) is 8.42 Å². The first-order valence-corrected chi connectivity index (χ1v) is 10.7. The summed E-state index contributed by atoms with van der Waals surface area (Å²) in [6.07, 6.45) is 0. The van der Waals surface area contributed by atoms with Crippen LogP contribution in [-0.4, -0.2) is 38.9 Å². The Balaban J connectivity index is 1.78. The minimum atomic E-state index is -3.53. The number of piperazine rings is 1. The summed E-state index contributed by atoms with van der Waals surface area (Å²) in [5, 5.41) is 1.31. The summed E-state index contributed by atoms with van der Waals surface area (Å²) in [6, 6.07) is 9.33. The molecule has 4 nitrogen and oxygen atoms in total. The molecule has 0 N–H and O–H groups in total. The molecular formula is C19H22Cl2N2O2S. The molecule has 7 heteroatoms. The fourth-order valence-corrected chi connectivity index (χ4v) is 5.24. The first-order valence-electron chi connectivity index (χ1n) is 8.48. The van der Waals surface area contributed by atoms with Gasteiger partial charge in [0.1, 0.15) is 0 Å². The highest BCUT2D eigenvalue weighted by Crippen LogP contribution is 2.28. The summed E-state index contributed by atoms with van der Waals surface area (Å²) in [4.78, 5) is 2.50. The van der Waals surface area contributed by atoms with Gasteiger partial charge in [-0.2, -0.15) is 4.31 Å². The van der Waals surface area contributed by atoms with E-state index < -0.39 is 10.0 Å². The third-order valence-electron chi connectivity index (χ3n) is 4.83. The van der Waals surface area contributed by atoms with Gasteiger partial charge in [0.2, 0.25) is 10.0 Å². The molecule has 0 aromatic heterocycles. The molecule has 0 unspecified atom stereocenters. The van der Waals surface area contributed by atoms with E-state index in [0.717, 1.165) is 21.8 Å². The summed E-state index contributed by atoms with van der Waals surface area (Å²) < 4.78 is 27.7. The van der Waals surface area contributed by atoms with Crippen LogP contribution in [0.5, 0.6) is 0 Å². The number of sulfonamides is 1. The van der Waals surface area contributed by atoms with E-state index in [-0.39, 0.29) is 0 Å². The quantitative estimate of drug-likeness (QED) is 0.748. The van der Waals surface area contributed by atoms with Gasteiger partial charge in [-0.15, -0.1) is 0 Å². The fraction of sp³-hybridized carbons (Fsp3) is 0.368. The third kappa shape index (κ3) is 3.72. The third-order valence-corrected chi connectivity index (χ3v) is 7.69. The monoisotopic (exact) mass is 412 g/mol. The Morgan fingerprint density at radius 3 is 2.04 bits per heavy atom. The Morgan fingerprint density at radius 1 is 0.808 bits per heavy atom. The molecule has 0 radical (unpaired) electrons. The Bertz CT molecular complexity index is 937. The van der Waals surface area contributed by atoms with E-state index >= 15 is 0 Å². The zero-order valence-corrected chi connectivity index (χ0v) is 17.4. The maximum atomic E-state index is 13.1. The number of hydrogen-bond donors (Lipinski definition) is 0. The number of nitrogens with zero attached hydrogens (tertiary/aromatic N) is 2. The van der Waals surface area contributed by atoms with E-state index in [4.69, 9.17) is 23.2 Å². The molecular weight excluding hydrogens is 391 g/mol. The Kier molecular flexibility index (Phi) is 5.54. The van der Waals surface area contributed by atoms with E-state index in [1.165, 1.54) is 0 Å². The first kappa shape index (κ1) is 19.5.